The van der Waals surface area contributed by atoms with Crippen molar-refractivity contribution in [3.05, 3.63) is 0 Å². The maximum Gasteiger partial charge on any atom is 0 e. The molecule has 0 amide bonds. The van der Waals surface area contributed by atoms with Gasteiger partial charge in [0.05, 0.1) is 0 Å². The van der Waals surface area contributed by atoms with Crippen LogP contribution < -0.4 is 0 Å². The molecule has 0 aliphatic carbocycles. The van der Waals surface area contributed by atoms with Crippen LogP contribution in [0.4, 0.5) is 0 Å². The van der Waals surface area contributed by atoms with Crippen LogP contribution in [0.5, 0.6) is 0 Å². The molecule has 0 N–H and O–H groups in total. The van der Waals surface area contributed by atoms with Crippen LogP contribution in [0.2, 0.25) is 0 Å². The number of hydrogen-bond donors (Lipinski definition) is 0. The van der Waals surface area contributed by atoms with Crippen LogP contribution in [0.3, 0.4) is 0 Å². The standard InChI is InChI=1S/Al.Cu.Sc.H4Si.Sr.Zr.5H/h;;;1H4;;;;;;;. The van der Waals surface area contributed by atoms with Crippen molar-refractivity contribution in [3.63, 3.8) is 0 Å². The van der Waals surface area contributed by atoms with E-state index in [4.69, 9.17) is 0 Å². The van der Waals surface area contributed by atoms with Crippen molar-refractivity contribution in [1.29, 1.82) is 0 Å². The summed E-state index contributed by atoms with van der Waals surface area (Å²) in [6.45, 7) is 0. The van der Waals surface area contributed by atoms with Gasteiger partial charge in [0, 0.05) is 69.1 Å². The van der Waals surface area contributed by atoms with Gasteiger partial charge >= 0.3 is 45.5 Å². The van der Waals surface area contributed by atoms with E-state index in [2.05, 4.69) is 0 Å². The van der Waals surface area contributed by atoms with Crippen LogP contribution in [0.15, 0.2) is 0 Å². The fourth-order valence-electron chi connectivity index (χ4n) is 0. The van der Waals surface area contributed by atoms with Crippen LogP contribution in [-0.2, 0) is 69.1 Å². The summed E-state index contributed by atoms with van der Waals surface area (Å²) in [4.78, 5) is 0. The minimum atomic E-state index is 0. The van der Waals surface area contributed by atoms with Gasteiger partial charge in [0.25, 0.3) is 0 Å². The van der Waals surface area contributed by atoms with E-state index >= 15 is 0 Å². The van der Waals surface area contributed by atoms with Crippen LogP contribution in [-0.4, -0.2) is 73.8 Å². The van der Waals surface area contributed by atoms with Gasteiger partial charge in [-0.1, -0.05) is 0 Å². The Balaban J connectivity index is 0. The largest absolute Gasteiger partial charge is 0 e. The molecule has 0 saturated heterocycles. The summed E-state index contributed by atoms with van der Waals surface area (Å²) in [5.41, 5.74) is 0. The first-order valence-electron chi connectivity index (χ1n) is 0. The summed E-state index contributed by atoms with van der Waals surface area (Å²) in [6, 6.07) is 0. The fraction of sp³-hybridized carbons (Fsp3) is 0. The molecule has 0 bridgehead atoms. The van der Waals surface area contributed by atoms with Crippen LogP contribution in [0.25, 0.3) is 0 Å². The van der Waals surface area contributed by atoms with Crippen LogP contribution in [0, 0.1) is 0 Å². The molecule has 0 atom stereocenters. The first-order chi connectivity index (χ1) is 0. The van der Waals surface area contributed by atoms with Gasteiger partial charge in [-0.2, -0.15) is 0 Å². The molecule has 6 heteroatoms. The molecular weight excluding hydrogens is 342 g/mol. The zero-order valence-corrected chi connectivity index (χ0v) is 6.58. The number of rotatable bonds is 0. The molecule has 0 aliphatic rings. The Morgan fingerprint density at radius 3 is 1.00 bits per heavy atom. The molecule has 0 rings (SSSR count). The van der Waals surface area contributed by atoms with Gasteiger partial charge in [0.1, 0.15) is 0 Å². The molecular formula is H9AlCuScSiSrZr. The topological polar surface area (TPSA) is 0 Å². The molecule has 0 spiro atoms. The van der Waals surface area contributed by atoms with E-state index in [9.17, 15) is 0 Å². The number of hydrogen-bond acceptors (Lipinski definition) is 0. The first-order valence-corrected chi connectivity index (χ1v) is 0. The van der Waals surface area contributed by atoms with Crippen molar-refractivity contribution >= 4 is 73.8 Å². The average molecular weight is 351 g/mol. The summed E-state index contributed by atoms with van der Waals surface area (Å²) >= 11 is 0. The Kier molecular flexibility index (Phi) is 264. The zero-order valence-electron chi connectivity index (χ0n) is 1.38. The van der Waals surface area contributed by atoms with E-state index in [1.165, 1.54) is 0 Å². The summed E-state index contributed by atoms with van der Waals surface area (Å²) in [5, 5.41) is 0. The summed E-state index contributed by atoms with van der Waals surface area (Å²) in [7, 11) is 0. The van der Waals surface area contributed by atoms with E-state index in [1.807, 2.05) is 0 Å². The van der Waals surface area contributed by atoms with E-state index in [0.29, 0.717) is 0 Å². The van der Waals surface area contributed by atoms with Gasteiger partial charge in [0.15, 0.2) is 17.4 Å². The van der Waals surface area contributed by atoms with Gasteiger partial charge < -0.3 is 0 Å². The fourth-order valence-corrected chi connectivity index (χ4v) is 0. The normalized spacial score (nSPS) is 0. The van der Waals surface area contributed by atoms with Crippen LogP contribution in [0.1, 0.15) is 0 Å². The Morgan fingerprint density at radius 2 is 1.00 bits per heavy atom. The molecule has 0 aromatic rings. The second-order valence-electron chi connectivity index (χ2n) is 0. The molecule has 6 heavy (non-hydrogen) atoms. The maximum atomic E-state index is 0. The predicted molar refractivity (Wildman–Crippen MR) is 29.8 cm³/mol. The maximum absolute atomic E-state index is 0. The molecule has 0 unspecified atom stereocenters. The minimum absolute atomic E-state index is 0. The molecule has 36 valence electrons. The summed E-state index contributed by atoms with van der Waals surface area (Å²) in [5.74, 6) is 0. The van der Waals surface area contributed by atoms with E-state index in [1.54, 1.807) is 0 Å². The Hall–Kier alpha value is 4.50. The van der Waals surface area contributed by atoms with Gasteiger partial charge in [-0.25, -0.2) is 0 Å². The van der Waals surface area contributed by atoms with Gasteiger partial charge in [0.2, 0.25) is 0 Å². The third kappa shape index (κ3) is 23.6. The van der Waals surface area contributed by atoms with Crippen LogP contribution >= 0.6 is 0 Å². The van der Waals surface area contributed by atoms with Gasteiger partial charge in [-0.15, -0.1) is 0 Å². The van der Waals surface area contributed by atoms with Gasteiger partial charge in [-0.3, -0.25) is 0 Å². The van der Waals surface area contributed by atoms with E-state index in [0.717, 1.165) is 0 Å². The molecule has 0 nitrogen and oxygen atoms in total. The molecule has 0 fully saturated rings. The smallest absolute Gasteiger partial charge is 0 e. The van der Waals surface area contributed by atoms with Gasteiger partial charge in [-0.05, 0) is 11.0 Å². The van der Waals surface area contributed by atoms with E-state index < -0.39 is 0 Å². The first kappa shape index (κ1) is 46.8. The van der Waals surface area contributed by atoms with Crippen molar-refractivity contribution in [1.82, 2.24) is 0 Å². The van der Waals surface area contributed by atoms with Crippen molar-refractivity contribution in [2.75, 3.05) is 0 Å². The van der Waals surface area contributed by atoms with Crippen molar-refractivity contribution in [2.45, 2.75) is 0 Å². The average Bonchev–Trinajstić information content (AvgIpc) is 0. The Morgan fingerprint density at radius 1 is 1.00 bits per heavy atom. The third-order valence-corrected chi connectivity index (χ3v) is 0. The Bertz CT molecular complexity index is 15.5. The van der Waals surface area contributed by atoms with Crippen molar-refractivity contribution in [3.8, 4) is 0 Å². The third-order valence-electron chi connectivity index (χ3n) is 0. The molecule has 0 aromatic carbocycles. The van der Waals surface area contributed by atoms with Crippen molar-refractivity contribution in [2.24, 2.45) is 0 Å². The molecule has 0 aliphatic heterocycles. The minimum Gasteiger partial charge on any atom is 0 e. The molecule has 0 heterocycles. The Labute approximate surface area is 139 Å². The van der Waals surface area contributed by atoms with E-state index in [-0.39, 0.29) is 143 Å². The zero-order chi connectivity index (χ0) is 0. The molecule has 0 aromatic heterocycles. The van der Waals surface area contributed by atoms with Crippen molar-refractivity contribution < 1.29 is 69.1 Å². The molecule has 0 saturated carbocycles. The molecule has 2 radical (unpaired) electrons. The summed E-state index contributed by atoms with van der Waals surface area (Å²) < 4.78 is 0. The quantitative estimate of drug-likeness (QED) is 0.397. The summed E-state index contributed by atoms with van der Waals surface area (Å²) in [6.07, 6.45) is 0. The monoisotopic (exact) mass is 350 g/mol. The predicted octanol–water partition coefficient (Wildman–Crippen LogP) is -3.56. The second-order valence-corrected chi connectivity index (χ2v) is 0. The second kappa shape index (κ2) is 33.9. The SMILES string of the molecule is [AlH3].[Cu].[Sc].[SiH4].[SrH2].[Zr].